The Kier molecular flexibility index (Phi) is 4.01. The summed E-state index contributed by atoms with van der Waals surface area (Å²) >= 11 is 1.76. The first-order valence-corrected chi connectivity index (χ1v) is 8.92. The molecule has 1 aromatic carbocycles. The number of hydrazone groups is 1. The molecule has 6 nitrogen and oxygen atoms in total. The summed E-state index contributed by atoms with van der Waals surface area (Å²) in [5.74, 6) is 2.01. The number of thiophene rings is 1. The topological polar surface area (TPSA) is 79.6 Å². The second-order valence-electron chi connectivity index (χ2n) is 5.96. The van der Waals surface area contributed by atoms with Gasteiger partial charge in [-0.1, -0.05) is 0 Å². The molecule has 0 unspecified atom stereocenters. The third-order valence-electron chi connectivity index (χ3n) is 4.26. The molecule has 2 heterocycles. The lowest BCUT2D eigenvalue weighted by atomic mass is 10.2. The first-order valence-electron chi connectivity index (χ1n) is 8.10. The van der Waals surface area contributed by atoms with Crippen LogP contribution in [0.1, 0.15) is 28.2 Å². The zero-order valence-electron chi connectivity index (χ0n) is 14.0. The molecule has 2 N–H and O–H groups in total. The van der Waals surface area contributed by atoms with Gasteiger partial charge in [0.15, 0.2) is 17.3 Å². The number of aromatic hydroxyl groups is 1. The molecule has 0 saturated carbocycles. The first-order chi connectivity index (χ1) is 12.2. The molecule has 128 valence electrons. The van der Waals surface area contributed by atoms with Crippen LogP contribution in [0.15, 0.2) is 23.3 Å². The number of phenolic OH excluding ortho intramolecular Hbond substituents is 1. The zero-order chi connectivity index (χ0) is 17.4. The maximum absolute atomic E-state index is 9.65. The van der Waals surface area contributed by atoms with E-state index in [-0.39, 0.29) is 5.75 Å². The number of phenols is 1. The molecule has 0 spiro atoms. The van der Waals surface area contributed by atoms with Gasteiger partial charge in [0.1, 0.15) is 10.7 Å². The summed E-state index contributed by atoms with van der Waals surface area (Å²) in [6.45, 7) is 1.89. The van der Waals surface area contributed by atoms with Crippen molar-refractivity contribution in [1.29, 1.82) is 0 Å². The molecule has 3 aromatic rings. The van der Waals surface area contributed by atoms with Gasteiger partial charge in [0.25, 0.3) is 0 Å². The molecule has 0 saturated heterocycles. The number of aryl methyl sites for hydroxylation is 3. The summed E-state index contributed by atoms with van der Waals surface area (Å²) in [7, 11) is 1.52. The van der Waals surface area contributed by atoms with Crippen molar-refractivity contribution in [3.8, 4) is 11.5 Å². The van der Waals surface area contributed by atoms with Crippen molar-refractivity contribution < 1.29 is 9.84 Å². The Bertz CT molecular complexity index is 981. The predicted molar refractivity (Wildman–Crippen MR) is 100 cm³/mol. The number of aromatic nitrogens is 2. The molecular formula is C18H18N4O2S. The van der Waals surface area contributed by atoms with Crippen LogP contribution >= 0.6 is 11.3 Å². The highest BCUT2D eigenvalue weighted by Gasteiger charge is 2.21. The Hall–Kier alpha value is -2.67. The number of fused-ring (bicyclic) bond motifs is 3. The van der Waals surface area contributed by atoms with Crippen LogP contribution in [0.25, 0.3) is 10.2 Å². The molecule has 4 rings (SSSR count). The Morgan fingerprint density at radius 1 is 1.32 bits per heavy atom. The minimum absolute atomic E-state index is 0.106. The molecule has 0 aliphatic heterocycles. The predicted octanol–water partition coefficient (Wildman–Crippen LogP) is 3.65. The fraction of sp³-hybridized carbons (Fsp3) is 0.278. The van der Waals surface area contributed by atoms with Crippen molar-refractivity contribution in [3.05, 3.63) is 40.0 Å². The summed E-state index contributed by atoms with van der Waals surface area (Å²) in [6.07, 6.45) is 5.08. The third-order valence-corrected chi connectivity index (χ3v) is 5.45. The molecule has 1 aliphatic rings. The normalized spacial score (nSPS) is 13.5. The van der Waals surface area contributed by atoms with Crippen molar-refractivity contribution in [2.75, 3.05) is 12.5 Å². The molecule has 0 amide bonds. The number of nitrogens with zero attached hydrogens (tertiary/aromatic N) is 3. The van der Waals surface area contributed by atoms with Crippen LogP contribution in [-0.4, -0.2) is 28.4 Å². The van der Waals surface area contributed by atoms with E-state index in [1.807, 2.05) is 6.92 Å². The van der Waals surface area contributed by atoms with Crippen LogP contribution in [-0.2, 0) is 12.8 Å². The van der Waals surface area contributed by atoms with E-state index in [2.05, 4.69) is 20.5 Å². The lowest BCUT2D eigenvalue weighted by molar-refractivity contribution is 0.373. The molecule has 7 heteroatoms. The van der Waals surface area contributed by atoms with E-state index in [0.29, 0.717) is 5.75 Å². The van der Waals surface area contributed by atoms with E-state index >= 15 is 0 Å². The van der Waals surface area contributed by atoms with Crippen molar-refractivity contribution in [3.63, 3.8) is 0 Å². The van der Waals surface area contributed by atoms with Crippen LogP contribution < -0.4 is 10.2 Å². The summed E-state index contributed by atoms with van der Waals surface area (Å²) in [5, 5.41) is 15.1. The summed E-state index contributed by atoms with van der Waals surface area (Å²) in [6, 6.07) is 5.08. The van der Waals surface area contributed by atoms with Gasteiger partial charge in [0, 0.05) is 4.88 Å². The van der Waals surface area contributed by atoms with Gasteiger partial charge < -0.3 is 9.84 Å². The Morgan fingerprint density at radius 2 is 2.20 bits per heavy atom. The lowest BCUT2D eigenvalue weighted by Gasteiger charge is -2.05. The molecule has 2 aromatic heterocycles. The second-order valence-corrected chi connectivity index (χ2v) is 7.04. The number of hydrogen-bond acceptors (Lipinski definition) is 7. The monoisotopic (exact) mass is 354 g/mol. The summed E-state index contributed by atoms with van der Waals surface area (Å²) in [4.78, 5) is 11.6. The largest absolute Gasteiger partial charge is 0.504 e. The van der Waals surface area contributed by atoms with Gasteiger partial charge in [0.05, 0.1) is 18.7 Å². The number of methoxy groups -OCH3 is 1. The maximum Gasteiger partial charge on any atom is 0.161 e. The first kappa shape index (κ1) is 15.8. The van der Waals surface area contributed by atoms with Gasteiger partial charge in [0.2, 0.25) is 0 Å². The van der Waals surface area contributed by atoms with Crippen LogP contribution in [0, 0.1) is 6.92 Å². The molecular weight excluding hydrogens is 336 g/mol. The van der Waals surface area contributed by atoms with E-state index < -0.39 is 0 Å². The number of benzene rings is 1. The highest BCUT2D eigenvalue weighted by Crippen LogP contribution is 2.39. The Labute approximate surface area is 149 Å². The average molecular weight is 354 g/mol. The average Bonchev–Trinajstić information content (AvgIpc) is 3.16. The van der Waals surface area contributed by atoms with Crippen LogP contribution in [0.2, 0.25) is 0 Å². The second kappa shape index (κ2) is 6.33. The number of anilines is 1. The van der Waals surface area contributed by atoms with Gasteiger partial charge in [-0.15, -0.1) is 11.3 Å². The van der Waals surface area contributed by atoms with Gasteiger partial charge in [-0.05, 0) is 55.5 Å². The third kappa shape index (κ3) is 2.91. The molecule has 25 heavy (non-hydrogen) atoms. The molecule has 0 radical (unpaired) electrons. The molecule has 1 aliphatic carbocycles. The number of nitrogens with one attached hydrogen (secondary N) is 1. The quantitative estimate of drug-likeness (QED) is 0.552. The van der Waals surface area contributed by atoms with Crippen molar-refractivity contribution >= 4 is 33.6 Å². The lowest BCUT2D eigenvalue weighted by Crippen LogP contribution is -1.99. The minimum atomic E-state index is 0.106. The number of ether oxygens (including phenoxy) is 1. The van der Waals surface area contributed by atoms with E-state index in [1.165, 1.54) is 24.0 Å². The van der Waals surface area contributed by atoms with E-state index in [0.717, 1.165) is 40.3 Å². The zero-order valence-corrected chi connectivity index (χ0v) is 14.9. The van der Waals surface area contributed by atoms with E-state index in [4.69, 9.17) is 4.74 Å². The van der Waals surface area contributed by atoms with E-state index in [1.54, 1.807) is 35.8 Å². The molecule has 0 bridgehead atoms. The maximum atomic E-state index is 9.65. The Balaban J connectivity index is 1.65. The molecule has 0 atom stereocenters. The van der Waals surface area contributed by atoms with Crippen molar-refractivity contribution in [1.82, 2.24) is 9.97 Å². The van der Waals surface area contributed by atoms with Gasteiger partial charge in [-0.3, -0.25) is 5.43 Å². The van der Waals surface area contributed by atoms with Crippen LogP contribution in [0.5, 0.6) is 11.5 Å². The van der Waals surface area contributed by atoms with Gasteiger partial charge in [-0.25, -0.2) is 9.97 Å². The van der Waals surface area contributed by atoms with Crippen LogP contribution in [0.3, 0.4) is 0 Å². The SMILES string of the molecule is COc1cc(/C=N/Nc2nc(C)nc3sc4c(c23)CCC4)ccc1O. The van der Waals surface area contributed by atoms with Crippen LogP contribution in [0.4, 0.5) is 5.82 Å². The number of hydrogen-bond donors (Lipinski definition) is 2. The van der Waals surface area contributed by atoms with E-state index in [9.17, 15) is 5.11 Å². The van der Waals surface area contributed by atoms with Crippen molar-refractivity contribution in [2.45, 2.75) is 26.2 Å². The van der Waals surface area contributed by atoms with Crippen molar-refractivity contribution in [2.24, 2.45) is 5.10 Å². The fourth-order valence-corrected chi connectivity index (χ4v) is 4.43. The summed E-state index contributed by atoms with van der Waals surface area (Å²) in [5.41, 5.74) is 5.25. The Morgan fingerprint density at radius 3 is 3.04 bits per heavy atom. The highest BCUT2D eigenvalue weighted by molar-refractivity contribution is 7.19. The van der Waals surface area contributed by atoms with Gasteiger partial charge in [-0.2, -0.15) is 5.10 Å². The summed E-state index contributed by atoms with van der Waals surface area (Å²) < 4.78 is 5.11. The molecule has 0 fully saturated rings. The van der Waals surface area contributed by atoms with Gasteiger partial charge >= 0.3 is 0 Å². The fourth-order valence-electron chi connectivity index (χ4n) is 3.13. The number of rotatable bonds is 4. The smallest absolute Gasteiger partial charge is 0.161 e. The highest BCUT2D eigenvalue weighted by atomic mass is 32.1. The minimum Gasteiger partial charge on any atom is -0.504 e. The standard InChI is InChI=1S/C18H18N4O2S/c1-10-20-17(16-12-4-3-5-15(12)25-18(16)21-10)22-19-9-11-6-7-13(23)14(8-11)24-2/h6-9,23H,3-5H2,1-2H3,(H,20,21,22)/b19-9+.